The number of benzene rings is 1. The molecule has 2 aliphatic rings. The molecule has 1 unspecified atom stereocenters. The van der Waals surface area contributed by atoms with Crippen LogP contribution in [0.3, 0.4) is 0 Å². The van der Waals surface area contributed by atoms with E-state index in [1.807, 2.05) is 0 Å². The van der Waals surface area contributed by atoms with Crippen molar-refractivity contribution in [3.05, 3.63) is 41.4 Å². The highest BCUT2D eigenvalue weighted by Gasteiger charge is 2.39. The Labute approximate surface area is 142 Å². The van der Waals surface area contributed by atoms with Gasteiger partial charge < -0.3 is 19.3 Å². The fourth-order valence-electron chi connectivity index (χ4n) is 2.76. The molecule has 1 aromatic heterocycles. The Kier molecular flexibility index (Phi) is 3.62. The van der Waals surface area contributed by atoms with Crippen molar-refractivity contribution in [3.8, 4) is 5.75 Å². The first-order valence-electron chi connectivity index (χ1n) is 7.34. The molecule has 1 saturated heterocycles. The summed E-state index contributed by atoms with van der Waals surface area (Å²) in [6.07, 6.45) is 5.10. The highest BCUT2D eigenvalue weighted by Crippen LogP contribution is 2.39. The molecule has 1 aromatic carbocycles. The number of rotatable bonds is 4. The lowest BCUT2D eigenvalue weighted by Gasteiger charge is -2.28. The molecule has 2 aliphatic heterocycles. The number of carbonyl (C=O) groups is 1. The van der Waals surface area contributed by atoms with Crippen molar-refractivity contribution in [1.29, 1.82) is 0 Å². The first-order chi connectivity index (χ1) is 11.7. The normalized spacial score (nSPS) is 18.8. The second kappa shape index (κ2) is 5.81. The van der Waals surface area contributed by atoms with Crippen LogP contribution in [0.4, 0.5) is 5.69 Å². The molecule has 9 heteroatoms. The summed E-state index contributed by atoms with van der Waals surface area (Å²) in [5, 5.41) is 12.5. The number of aromatic nitrogens is 2. The molecule has 0 spiro atoms. The quantitative estimate of drug-likeness (QED) is 0.856. The molecule has 4 rings (SSSR count). The van der Waals surface area contributed by atoms with Crippen LogP contribution in [-0.2, 0) is 18.1 Å². The number of carbonyl (C=O) groups excluding carboxylic acids is 1. The number of hydrogen-bond acceptors (Lipinski definition) is 6. The molecule has 3 heterocycles. The second-order valence-electron chi connectivity index (χ2n) is 5.48. The zero-order valence-corrected chi connectivity index (χ0v) is 13.3. The molecular formula is C15H14ClN5O3. The minimum absolute atomic E-state index is 0.267. The molecule has 2 aromatic rings. The van der Waals surface area contributed by atoms with Crippen molar-refractivity contribution >= 4 is 29.2 Å². The number of imidazole rings is 1. The fraction of sp³-hybridized carbons (Fsp3) is 0.267. The van der Waals surface area contributed by atoms with E-state index in [9.17, 15) is 9.90 Å². The van der Waals surface area contributed by atoms with Gasteiger partial charge in [0.15, 0.2) is 6.73 Å². The Hall–Kier alpha value is -2.58. The number of ether oxygens (including phenoxy) is 1. The third kappa shape index (κ3) is 2.40. The van der Waals surface area contributed by atoms with Crippen LogP contribution in [0.2, 0.25) is 5.02 Å². The number of fused-ring (bicyclic) bond motifs is 2. The standard InChI is InChI=1S/C15H14ClN5O3/c16-13-9-5-21-11(6-22)14(23)19-15(21)18-10(9)1-2-12(13)24-8-20-4-3-17-7-20/h1-4,7,11,22H,5-6,8H2,(H,18,19,23). The maximum Gasteiger partial charge on any atom is 0.251 e. The molecule has 2 N–H and O–H groups in total. The van der Waals surface area contributed by atoms with E-state index in [1.54, 1.807) is 40.3 Å². The number of hydrogen-bond donors (Lipinski definition) is 2. The molecule has 0 aliphatic carbocycles. The lowest BCUT2D eigenvalue weighted by molar-refractivity contribution is -0.122. The summed E-state index contributed by atoms with van der Waals surface area (Å²) < 4.78 is 7.50. The Morgan fingerprint density at radius 2 is 2.33 bits per heavy atom. The first-order valence-corrected chi connectivity index (χ1v) is 7.72. The second-order valence-corrected chi connectivity index (χ2v) is 5.85. The van der Waals surface area contributed by atoms with Gasteiger partial charge in [0.1, 0.15) is 11.8 Å². The largest absolute Gasteiger partial charge is 0.471 e. The van der Waals surface area contributed by atoms with Crippen molar-refractivity contribution in [2.75, 3.05) is 6.61 Å². The van der Waals surface area contributed by atoms with Gasteiger partial charge in [-0.05, 0) is 12.1 Å². The minimum atomic E-state index is -0.650. The maximum absolute atomic E-state index is 11.8. The van der Waals surface area contributed by atoms with E-state index in [2.05, 4.69) is 15.3 Å². The Morgan fingerprint density at radius 3 is 3.08 bits per heavy atom. The van der Waals surface area contributed by atoms with Crippen molar-refractivity contribution in [2.24, 2.45) is 4.99 Å². The highest BCUT2D eigenvalue weighted by atomic mass is 35.5. The third-order valence-corrected chi connectivity index (χ3v) is 4.44. The molecule has 0 radical (unpaired) electrons. The number of aliphatic imine (C=N–C) groups is 1. The molecule has 1 amide bonds. The maximum atomic E-state index is 11.8. The van der Waals surface area contributed by atoms with E-state index in [1.165, 1.54) is 0 Å². The lowest BCUT2D eigenvalue weighted by Crippen LogP contribution is -2.39. The van der Waals surface area contributed by atoms with Gasteiger partial charge in [0, 0.05) is 18.0 Å². The number of nitrogens with zero attached hydrogens (tertiary/aromatic N) is 4. The van der Waals surface area contributed by atoms with Crippen LogP contribution >= 0.6 is 11.6 Å². The van der Waals surface area contributed by atoms with Crippen molar-refractivity contribution in [2.45, 2.75) is 19.3 Å². The first kappa shape index (κ1) is 15.0. The summed E-state index contributed by atoms with van der Waals surface area (Å²) in [6, 6.07) is 2.90. The number of nitrogens with one attached hydrogen (secondary N) is 1. The molecule has 24 heavy (non-hydrogen) atoms. The van der Waals surface area contributed by atoms with Crippen molar-refractivity contribution < 1.29 is 14.6 Å². The van der Waals surface area contributed by atoms with Crippen LogP contribution in [0.1, 0.15) is 5.56 Å². The van der Waals surface area contributed by atoms with Gasteiger partial charge in [-0.3, -0.25) is 10.1 Å². The molecule has 124 valence electrons. The number of aliphatic hydroxyl groups is 1. The predicted octanol–water partition coefficient (Wildman–Crippen LogP) is 0.867. The minimum Gasteiger partial charge on any atom is -0.471 e. The van der Waals surface area contributed by atoms with Gasteiger partial charge in [-0.15, -0.1) is 0 Å². The lowest BCUT2D eigenvalue weighted by atomic mass is 10.1. The predicted molar refractivity (Wildman–Crippen MR) is 86.0 cm³/mol. The van der Waals surface area contributed by atoms with E-state index in [-0.39, 0.29) is 19.2 Å². The third-order valence-electron chi connectivity index (χ3n) is 4.03. The molecule has 8 nitrogen and oxygen atoms in total. The van der Waals surface area contributed by atoms with Crippen LogP contribution in [0.5, 0.6) is 5.75 Å². The van der Waals surface area contributed by atoms with Gasteiger partial charge in [0.05, 0.1) is 30.2 Å². The van der Waals surface area contributed by atoms with Crippen LogP contribution in [0.15, 0.2) is 35.8 Å². The van der Waals surface area contributed by atoms with E-state index >= 15 is 0 Å². The summed E-state index contributed by atoms with van der Waals surface area (Å²) in [6.45, 7) is 0.379. The van der Waals surface area contributed by atoms with Crippen molar-refractivity contribution in [1.82, 2.24) is 19.8 Å². The van der Waals surface area contributed by atoms with Crippen LogP contribution in [-0.4, -0.2) is 44.1 Å². The Balaban J connectivity index is 1.61. The summed E-state index contributed by atoms with van der Waals surface area (Å²) in [5.74, 6) is 0.702. The topological polar surface area (TPSA) is 92.0 Å². The van der Waals surface area contributed by atoms with E-state index in [0.29, 0.717) is 29.0 Å². The zero-order valence-electron chi connectivity index (χ0n) is 12.5. The average Bonchev–Trinajstić information content (AvgIpc) is 3.19. The van der Waals surface area contributed by atoms with Gasteiger partial charge in [-0.2, -0.15) is 0 Å². The summed E-state index contributed by atoms with van der Waals surface area (Å²) in [7, 11) is 0. The smallest absolute Gasteiger partial charge is 0.251 e. The average molecular weight is 348 g/mol. The molecule has 0 saturated carbocycles. The Bertz CT molecular complexity index is 821. The van der Waals surface area contributed by atoms with Gasteiger partial charge in [-0.1, -0.05) is 11.6 Å². The molecule has 1 fully saturated rings. The molecular weight excluding hydrogens is 334 g/mol. The Morgan fingerprint density at radius 1 is 1.46 bits per heavy atom. The molecule has 1 atom stereocenters. The number of halogens is 1. The number of guanidine groups is 1. The highest BCUT2D eigenvalue weighted by molar-refractivity contribution is 6.33. The number of amides is 1. The SMILES string of the molecule is O=C1NC2=Nc3ccc(OCn4ccnc4)c(Cl)c3CN2C1CO. The van der Waals surface area contributed by atoms with Gasteiger partial charge in [0.25, 0.3) is 5.91 Å². The number of aliphatic hydroxyl groups excluding tert-OH is 1. The monoisotopic (exact) mass is 347 g/mol. The summed E-state index contributed by atoms with van der Waals surface area (Å²) in [5.41, 5.74) is 1.44. The van der Waals surface area contributed by atoms with E-state index in [4.69, 9.17) is 16.3 Å². The van der Waals surface area contributed by atoms with Gasteiger partial charge in [0.2, 0.25) is 5.96 Å². The zero-order chi connectivity index (χ0) is 16.7. The van der Waals surface area contributed by atoms with Gasteiger partial charge in [-0.25, -0.2) is 9.98 Å². The van der Waals surface area contributed by atoms with E-state index < -0.39 is 6.04 Å². The summed E-state index contributed by atoms with van der Waals surface area (Å²) in [4.78, 5) is 21.9. The van der Waals surface area contributed by atoms with Crippen molar-refractivity contribution in [3.63, 3.8) is 0 Å². The van der Waals surface area contributed by atoms with Crippen LogP contribution < -0.4 is 10.1 Å². The van der Waals surface area contributed by atoms with E-state index in [0.717, 1.165) is 5.56 Å². The molecule has 0 bridgehead atoms. The van der Waals surface area contributed by atoms with Crippen LogP contribution in [0, 0.1) is 0 Å². The van der Waals surface area contributed by atoms with Crippen LogP contribution in [0.25, 0.3) is 0 Å². The summed E-state index contributed by atoms with van der Waals surface area (Å²) >= 11 is 6.47. The fourth-order valence-corrected chi connectivity index (χ4v) is 3.04. The van der Waals surface area contributed by atoms with Gasteiger partial charge >= 0.3 is 0 Å².